The van der Waals surface area contributed by atoms with Crippen LogP contribution in [0.25, 0.3) is 0 Å². The number of piperidine rings is 2. The fraction of sp³-hybridized carbons (Fsp3) is 0.435. The van der Waals surface area contributed by atoms with E-state index >= 15 is 0 Å². The van der Waals surface area contributed by atoms with Gasteiger partial charge in [-0.3, -0.25) is 39.2 Å². The lowest BCUT2D eigenvalue weighted by Crippen LogP contribution is -2.54. The maximum atomic E-state index is 13.3. The van der Waals surface area contributed by atoms with Crippen molar-refractivity contribution in [2.24, 2.45) is 5.92 Å². The summed E-state index contributed by atoms with van der Waals surface area (Å²) in [6, 6.07) is 18.7. The van der Waals surface area contributed by atoms with Gasteiger partial charge in [0.2, 0.25) is 27.8 Å². The Labute approximate surface area is 374 Å². The first-order valence-electron chi connectivity index (χ1n) is 21.9. The zero-order valence-electron chi connectivity index (χ0n) is 36.7. The van der Waals surface area contributed by atoms with E-state index in [1.54, 1.807) is 63.4 Å². The van der Waals surface area contributed by atoms with Crippen molar-refractivity contribution >= 4 is 62.5 Å². The molecular formula is C46H56N10O7S. The van der Waals surface area contributed by atoms with Crippen molar-refractivity contribution in [3.8, 4) is 5.75 Å². The molecule has 4 N–H and O–H groups in total. The van der Waals surface area contributed by atoms with Gasteiger partial charge in [0.05, 0.1) is 16.0 Å². The first-order valence-corrected chi connectivity index (χ1v) is 23.4. The number of likely N-dealkylation sites (tertiary alicyclic amines) is 1. The van der Waals surface area contributed by atoms with Gasteiger partial charge in [-0.05, 0) is 127 Å². The monoisotopic (exact) mass is 892 g/mol. The van der Waals surface area contributed by atoms with Crippen molar-refractivity contribution in [1.29, 1.82) is 0 Å². The number of anilines is 5. The number of benzene rings is 3. The van der Waals surface area contributed by atoms with Crippen LogP contribution < -0.4 is 30.3 Å². The van der Waals surface area contributed by atoms with Gasteiger partial charge in [-0.25, -0.2) is 18.1 Å². The highest BCUT2D eigenvalue weighted by atomic mass is 32.2. The molecule has 18 heteroatoms. The summed E-state index contributed by atoms with van der Waals surface area (Å²) in [5.41, 5.74) is 3.06. The van der Waals surface area contributed by atoms with Crippen LogP contribution in [0.2, 0.25) is 0 Å². The molecule has 64 heavy (non-hydrogen) atoms. The van der Waals surface area contributed by atoms with Crippen LogP contribution in [-0.2, 0) is 19.6 Å². The van der Waals surface area contributed by atoms with Gasteiger partial charge in [0.25, 0.3) is 11.8 Å². The quantitative estimate of drug-likeness (QED) is 0.128. The minimum Gasteiger partial charge on any atom is -0.492 e. The van der Waals surface area contributed by atoms with E-state index in [1.165, 1.54) is 0 Å². The van der Waals surface area contributed by atoms with Crippen molar-refractivity contribution in [2.75, 3.05) is 74.5 Å². The fourth-order valence-corrected chi connectivity index (χ4v) is 10.1. The molecule has 1 unspecified atom stereocenters. The number of aryl methyl sites for hydroxylation is 1. The fourth-order valence-electron chi connectivity index (χ4n) is 8.63. The van der Waals surface area contributed by atoms with Crippen LogP contribution in [0.15, 0.2) is 77.8 Å². The molecule has 3 fully saturated rings. The van der Waals surface area contributed by atoms with E-state index in [1.807, 2.05) is 37.3 Å². The van der Waals surface area contributed by atoms with Crippen LogP contribution in [0.1, 0.15) is 72.7 Å². The molecule has 3 aromatic carbocycles. The molecular weight excluding hydrogens is 837 g/mol. The highest BCUT2D eigenvalue weighted by molar-refractivity contribution is 7.89. The standard InChI is InChI=1S/C46H56N10O7S/c1-30-28-47-45(51-41(30)48-33-6-5-7-36(26-33)64(61,62)52-46(2,3)4)49-32-8-11-35(12-9-32)63-25-24-53-18-16-31(17-19-53)29-54-20-22-55(23-21-54)34-10-13-37-38(27-34)44(60)56(43(37)59)39-14-15-40(57)50-42(39)58/h5-13,26-28,31,39,52H,14-25,29H2,1-4H3,(H,50,57,58)(H2,47,48,49,51). The number of rotatable bonds is 14. The molecule has 338 valence electrons. The molecule has 0 bridgehead atoms. The van der Waals surface area contributed by atoms with Gasteiger partial charge in [-0.15, -0.1) is 0 Å². The summed E-state index contributed by atoms with van der Waals surface area (Å²) in [5, 5.41) is 8.72. The van der Waals surface area contributed by atoms with Gasteiger partial charge in [-0.1, -0.05) is 6.07 Å². The number of nitrogens with zero attached hydrogens (tertiary/aromatic N) is 6. The molecule has 0 aliphatic carbocycles. The summed E-state index contributed by atoms with van der Waals surface area (Å²) in [7, 11) is -3.70. The summed E-state index contributed by atoms with van der Waals surface area (Å²) in [6.07, 6.45) is 4.20. The second-order valence-electron chi connectivity index (χ2n) is 18.0. The number of imide groups is 2. The molecule has 4 aliphatic rings. The third-order valence-corrected chi connectivity index (χ3v) is 13.7. The van der Waals surface area contributed by atoms with Gasteiger partial charge < -0.3 is 20.3 Å². The number of sulfonamides is 1. The molecule has 1 aromatic heterocycles. The third kappa shape index (κ3) is 10.5. The Hall–Kier alpha value is -5.95. The topological polar surface area (TPSA) is 199 Å². The molecule has 0 spiro atoms. The predicted molar refractivity (Wildman–Crippen MR) is 243 cm³/mol. The molecule has 17 nitrogen and oxygen atoms in total. The lowest BCUT2D eigenvalue weighted by molar-refractivity contribution is -0.136. The van der Waals surface area contributed by atoms with Gasteiger partial charge >= 0.3 is 0 Å². The van der Waals surface area contributed by atoms with E-state index in [-0.39, 0.29) is 17.7 Å². The van der Waals surface area contributed by atoms with Crippen LogP contribution in [-0.4, -0.2) is 127 Å². The summed E-state index contributed by atoms with van der Waals surface area (Å²) >= 11 is 0. The number of ether oxygens (including phenoxy) is 1. The maximum Gasteiger partial charge on any atom is 0.262 e. The van der Waals surface area contributed by atoms with Crippen LogP contribution in [0.3, 0.4) is 0 Å². The number of aromatic nitrogens is 2. The van der Waals surface area contributed by atoms with Gasteiger partial charge in [0.15, 0.2) is 0 Å². The molecule has 4 aromatic rings. The summed E-state index contributed by atoms with van der Waals surface area (Å²) in [6.45, 7) is 15.3. The molecule has 4 aliphatic heterocycles. The lowest BCUT2D eigenvalue weighted by atomic mass is 9.96. The van der Waals surface area contributed by atoms with Crippen molar-refractivity contribution in [3.63, 3.8) is 0 Å². The Kier molecular flexibility index (Phi) is 13.0. The van der Waals surface area contributed by atoms with Crippen molar-refractivity contribution in [2.45, 2.75) is 69.9 Å². The Balaban J connectivity index is 0.743. The van der Waals surface area contributed by atoms with Gasteiger partial charge in [0, 0.05) is 80.1 Å². The Morgan fingerprint density at radius 3 is 2.27 bits per heavy atom. The number of nitrogens with one attached hydrogen (secondary N) is 4. The number of piperazine rings is 1. The minimum absolute atomic E-state index is 0.0920. The van der Waals surface area contributed by atoms with Crippen molar-refractivity contribution in [3.05, 3.63) is 89.6 Å². The molecule has 8 rings (SSSR count). The number of fused-ring (bicyclic) bond motifs is 1. The Morgan fingerprint density at radius 1 is 0.812 bits per heavy atom. The summed E-state index contributed by atoms with van der Waals surface area (Å²) < 4.78 is 34.6. The van der Waals surface area contributed by atoms with E-state index < -0.39 is 45.2 Å². The van der Waals surface area contributed by atoms with Gasteiger partial charge in [-0.2, -0.15) is 4.98 Å². The summed E-state index contributed by atoms with van der Waals surface area (Å²) in [5.74, 6) is 0.373. The van der Waals surface area contributed by atoms with E-state index in [2.05, 4.69) is 45.3 Å². The average Bonchev–Trinajstić information content (AvgIpc) is 3.50. The second kappa shape index (κ2) is 18.6. The molecule has 1 atom stereocenters. The smallest absolute Gasteiger partial charge is 0.262 e. The zero-order valence-corrected chi connectivity index (χ0v) is 37.5. The average molecular weight is 893 g/mol. The van der Waals surface area contributed by atoms with E-state index in [0.717, 1.165) is 92.8 Å². The lowest BCUT2D eigenvalue weighted by Gasteiger charge is -2.39. The van der Waals surface area contributed by atoms with Gasteiger partial charge in [0.1, 0.15) is 24.2 Å². The van der Waals surface area contributed by atoms with Crippen LogP contribution >= 0.6 is 0 Å². The van der Waals surface area contributed by atoms with E-state index in [0.29, 0.717) is 41.1 Å². The van der Waals surface area contributed by atoms with Crippen LogP contribution in [0.5, 0.6) is 5.75 Å². The van der Waals surface area contributed by atoms with E-state index in [9.17, 15) is 27.6 Å². The number of amides is 4. The maximum absolute atomic E-state index is 13.3. The zero-order chi connectivity index (χ0) is 45.2. The number of hydrogen-bond acceptors (Lipinski definition) is 14. The highest BCUT2D eigenvalue weighted by Gasteiger charge is 2.45. The second-order valence-corrected chi connectivity index (χ2v) is 19.7. The molecule has 3 saturated heterocycles. The Morgan fingerprint density at radius 2 is 1.55 bits per heavy atom. The number of hydrogen-bond donors (Lipinski definition) is 4. The van der Waals surface area contributed by atoms with Crippen molar-refractivity contribution in [1.82, 2.24) is 34.7 Å². The molecule has 0 radical (unpaired) electrons. The largest absolute Gasteiger partial charge is 0.492 e. The minimum atomic E-state index is -3.70. The SMILES string of the molecule is Cc1cnc(Nc2ccc(OCCN3CCC(CN4CCN(c5ccc6c(c5)C(=O)N(C5CCC(=O)NC5=O)C6=O)CC4)CC3)cc2)nc1Nc1cccc(S(=O)(=O)NC(C)(C)C)c1. The van der Waals surface area contributed by atoms with Crippen LogP contribution in [0.4, 0.5) is 28.8 Å². The third-order valence-electron chi connectivity index (χ3n) is 12.0. The Bertz CT molecular complexity index is 2510. The molecule has 4 amide bonds. The predicted octanol–water partition coefficient (Wildman–Crippen LogP) is 4.66. The van der Waals surface area contributed by atoms with Crippen LogP contribution in [0, 0.1) is 12.8 Å². The highest BCUT2D eigenvalue weighted by Crippen LogP contribution is 2.32. The first kappa shape index (κ1) is 44.6. The molecule has 0 saturated carbocycles. The summed E-state index contributed by atoms with van der Waals surface area (Å²) in [4.78, 5) is 68.0. The molecule has 5 heterocycles. The number of carbonyl (C=O) groups is 4. The normalized spacial score (nSPS) is 19.2. The first-order chi connectivity index (χ1) is 30.6. The van der Waals surface area contributed by atoms with E-state index in [4.69, 9.17) is 4.74 Å². The number of carbonyl (C=O) groups excluding carboxylic acids is 4. The van der Waals surface area contributed by atoms with Crippen molar-refractivity contribution < 1.29 is 32.3 Å².